The highest BCUT2D eigenvalue weighted by Gasteiger charge is 2.16. The van der Waals surface area contributed by atoms with E-state index in [0.29, 0.717) is 22.8 Å². The molecule has 0 saturated carbocycles. The molecular formula is C20H18N4O6. The highest BCUT2D eigenvalue weighted by molar-refractivity contribution is 5.92. The van der Waals surface area contributed by atoms with E-state index in [1.54, 1.807) is 24.3 Å². The van der Waals surface area contributed by atoms with Gasteiger partial charge in [0.2, 0.25) is 5.91 Å². The molecule has 0 spiro atoms. The van der Waals surface area contributed by atoms with Gasteiger partial charge in [-0.2, -0.15) is 5.10 Å². The van der Waals surface area contributed by atoms with Crippen molar-refractivity contribution in [1.29, 1.82) is 0 Å². The van der Waals surface area contributed by atoms with E-state index >= 15 is 0 Å². The number of benzene rings is 2. The number of anilines is 1. The molecule has 3 rings (SSSR count). The number of nitro groups is 1. The first kappa shape index (κ1) is 20.5. The quantitative estimate of drug-likeness (QED) is 0.468. The molecule has 0 saturated heterocycles. The van der Waals surface area contributed by atoms with Gasteiger partial charge in [-0.3, -0.25) is 19.7 Å². The molecular weight excluding hydrogens is 392 g/mol. The van der Waals surface area contributed by atoms with E-state index in [1.165, 1.54) is 44.6 Å². The van der Waals surface area contributed by atoms with E-state index in [-0.39, 0.29) is 11.4 Å². The fourth-order valence-corrected chi connectivity index (χ4v) is 2.78. The number of hydrogen-bond donors (Lipinski definition) is 1. The maximum Gasteiger partial charge on any atom is 0.292 e. The van der Waals surface area contributed by atoms with E-state index in [9.17, 15) is 19.7 Å². The Morgan fingerprint density at radius 2 is 1.83 bits per heavy atom. The molecule has 30 heavy (non-hydrogen) atoms. The summed E-state index contributed by atoms with van der Waals surface area (Å²) >= 11 is 0. The van der Waals surface area contributed by atoms with Crippen LogP contribution in [-0.2, 0) is 11.3 Å². The van der Waals surface area contributed by atoms with Crippen molar-refractivity contribution >= 4 is 17.3 Å². The number of carbonyl (C=O) groups is 1. The predicted octanol–water partition coefficient (Wildman–Crippen LogP) is 2.47. The summed E-state index contributed by atoms with van der Waals surface area (Å²) < 4.78 is 11.5. The van der Waals surface area contributed by atoms with Crippen LogP contribution >= 0.6 is 0 Å². The molecule has 0 aliphatic carbocycles. The Labute approximate surface area is 170 Å². The Morgan fingerprint density at radius 3 is 2.53 bits per heavy atom. The lowest BCUT2D eigenvalue weighted by Crippen LogP contribution is -2.29. The number of nitro benzene ring substituents is 1. The smallest absolute Gasteiger partial charge is 0.292 e. The van der Waals surface area contributed by atoms with Crippen molar-refractivity contribution in [3.63, 3.8) is 0 Å². The zero-order chi connectivity index (χ0) is 21.7. The van der Waals surface area contributed by atoms with Crippen molar-refractivity contribution in [2.24, 2.45) is 0 Å². The lowest BCUT2D eigenvalue weighted by Gasteiger charge is -2.11. The highest BCUT2D eigenvalue weighted by Crippen LogP contribution is 2.31. The number of ether oxygens (including phenoxy) is 2. The Balaban J connectivity index is 1.85. The number of methoxy groups -OCH3 is 2. The second-order valence-corrected chi connectivity index (χ2v) is 6.11. The molecule has 0 unspecified atom stereocenters. The summed E-state index contributed by atoms with van der Waals surface area (Å²) in [5, 5.41) is 17.8. The van der Waals surface area contributed by atoms with Crippen LogP contribution in [0.2, 0.25) is 0 Å². The second kappa shape index (κ2) is 8.86. The van der Waals surface area contributed by atoms with Gasteiger partial charge >= 0.3 is 0 Å². The average Bonchev–Trinajstić information content (AvgIpc) is 2.75. The van der Waals surface area contributed by atoms with Gasteiger partial charge in [-0.25, -0.2) is 4.68 Å². The maximum atomic E-state index is 12.4. The van der Waals surface area contributed by atoms with Crippen LogP contribution in [0.15, 0.2) is 59.4 Å². The van der Waals surface area contributed by atoms with Crippen LogP contribution in [0.1, 0.15) is 0 Å². The van der Waals surface area contributed by atoms with Gasteiger partial charge in [0.05, 0.1) is 24.8 Å². The van der Waals surface area contributed by atoms with Gasteiger partial charge < -0.3 is 14.8 Å². The Kier molecular flexibility index (Phi) is 6.06. The summed E-state index contributed by atoms with van der Waals surface area (Å²) in [7, 11) is 3.02. The molecule has 1 amide bonds. The van der Waals surface area contributed by atoms with Gasteiger partial charge in [0.25, 0.3) is 11.2 Å². The van der Waals surface area contributed by atoms with Crippen molar-refractivity contribution in [2.45, 2.75) is 6.54 Å². The number of nitrogens with zero attached hydrogens (tertiary/aromatic N) is 3. The number of rotatable bonds is 7. The van der Waals surface area contributed by atoms with Crippen LogP contribution in [0.3, 0.4) is 0 Å². The molecule has 2 aromatic carbocycles. The molecule has 3 aromatic rings. The summed E-state index contributed by atoms with van der Waals surface area (Å²) in [6.45, 7) is -0.411. The van der Waals surface area contributed by atoms with Crippen LogP contribution in [0.5, 0.6) is 11.5 Å². The van der Waals surface area contributed by atoms with Crippen LogP contribution < -0.4 is 20.3 Å². The number of para-hydroxylation sites is 2. The molecule has 154 valence electrons. The van der Waals surface area contributed by atoms with Crippen molar-refractivity contribution in [3.05, 3.63) is 75.1 Å². The van der Waals surface area contributed by atoms with E-state index in [4.69, 9.17) is 9.47 Å². The Bertz CT molecular complexity index is 1160. The Hall–Kier alpha value is -4.21. The van der Waals surface area contributed by atoms with E-state index in [2.05, 4.69) is 10.4 Å². The molecule has 0 aliphatic heterocycles. The minimum atomic E-state index is -0.622. The average molecular weight is 410 g/mol. The van der Waals surface area contributed by atoms with Crippen molar-refractivity contribution in [3.8, 4) is 22.8 Å². The summed E-state index contributed by atoms with van der Waals surface area (Å²) in [6, 6.07) is 13.7. The van der Waals surface area contributed by atoms with Gasteiger partial charge in [0.15, 0.2) is 11.5 Å². The van der Waals surface area contributed by atoms with Crippen LogP contribution in [0.25, 0.3) is 11.3 Å². The van der Waals surface area contributed by atoms with E-state index in [0.717, 1.165) is 4.68 Å². The summed E-state index contributed by atoms with van der Waals surface area (Å²) in [5.41, 5.74) is 0.397. The normalized spacial score (nSPS) is 10.3. The molecule has 10 heteroatoms. The summed E-state index contributed by atoms with van der Waals surface area (Å²) in [5.74, 6) is 0.408. The summed E-state index contributed by atoms with van der Waals surface area (Å²) in [6.07, 6.45) is 0. The zero-order valence-corrected chi connectivity index (χ0v) is 16.2. The molecule has 0 fully saturated rings. The molecule has 1 aromatic heterocycles. The molecule has 0 atom stereocenters. The molecule has 0 bridgehead atoms. The minimum absolute atomic E-state index is 0.0385. The highest BCUT2D eigenvalue weighted by atomic mass is 16.6. The monoisotopic (exact) mass is 410 g/mol. The fourth-order valence-electron chi connectivity index (χ4n) is 2.78. The van der Waals surface area contributed by atoms with Gasteiger partial charge in [0, 0.05) is 17.7 Å². The number of amides is 1. The first-order valence-corrected chi connectivity index (χ1v) is 8.76. The van der Waals surface area contributed by atoms with Crippen molar-refractivity contribution in [2.75, 3.05) is 19.5 Å². The number of hydrogen-bond acceptors (Lipinski definition) is 7. The fraction of sp³-hybridized carbons (Fsp3) is 0.150. The lowest BCUT2D eigenvalue weighted by atomic mass is 10.1. The van der Waals surface area contributed by atoms with E-state index in [1.807, 2.05) is 0 Å². The van der Waals surface area contributed by atoms with Crippen LogP contribution in [0, 0.1) is 10.1 Å². The number of nitrogens with one attached hydrogen (secondary N) is 1. The molecule has 10 nitrogen and oxygen atoms in total. The standard InChI is InChI=1S/C20H18N4O6/c1-29-17-9-7-13(11-18(17)30-2)14-8-10-20(26)23(22-14)12-19(25)21-15-5-3-4-6-16(15)24(27)28/h3-11H,12H2,1-2H3,(H,21,25). The maximum absolute atomic E-state index is 12.4. The predicted molar refractivity (Wildman–Crippen MR) is 109 cm³/mol. The molecule has 0 aliphatic rings. The molecule has 1 heterocycles. The first-order valence-electron chi connectivity index (χ1n) is 8.76. The van der Waals surface area contributed by atoms with E-state index < -0.39 is 22.9 Å². The van der Waals surface area contributed by atoms with Crippen LogP contribution in [-0.4, -0.2) is 34.8 Å². The van der Waals surface area contributed by atoms with Gasteiger partial charge in [-0.15, -0.1) is 0 Å². The molecule has 1 N–H and O–H groups in total. The first-order chi connectivity index (χ1) is 14.4. The van der Waals surface area contributed by atoms with Gasteiger partial charge in [-0.05, 0) is 30.3 Å². The van der Waals surface area contributed by atoms with Crippen LogP contribution in [0.4, 0.5) is 11.4 Å². The van der Waals surface area contributed by atoms with Crippen molar-refractivity contribution < 1.29 is 19.2 Å². The number of carbonyl (C=O) groups excluding carboxylic acids is 1. The third-order valence-electron chi connectivity index (χ3n) is 4.21. The third-order valence-corrected chi connectivity index (χ3v) is 4.21. The Morgan fingerprint density at radius 1 is 1.10 bits per heavy atom. The summed E-state index contributed by atoms with van der Waals surface area (Å²) in [4.78, 5) is 35.0. The minimum Gasteiger partial charge on any atom is -0.493 e. The zero-order valence-electron chi connectivity index (χ0n) is 16.2. The second-order valence-electron chi connectivity index (χ2n) is 6.11. The lowest BCUT2D eigenvalue weighted by molar-refractivity contribution is -0.383. The number of aromatic nitrogens is 2. The van der Waals surface area contributed by atoms with Gasteiger partial charge in [0.1, 0.15) is 12.2 Å². The SMILES string of the molecule is COc1ccc(-c2ccc(=O)n(CC(=O)Nc3ccccc3[N+](=O)[O-])n2)cc1OC. The van der Waals surface area contributed by atoms with Gasteiger partial charge in [-0.1, -0.05) is 12.1 Å². The molecule has 0 radical (unpaired) electrons. The largest absolute Gasteiger partial charge is 0.493 e. The topological polar surface area (TPSA) is 126 Å². The third kappa shape index (κ3) is 4.43. The van der Waals surface area contributed by atoms with Crippen molar-refractivity contribution in [1.82, 2.24) is 9.78 Å².